The van der Waals surface area contributed by atoms with E-state index in [9.17, 15) is 0 Å². The minimum atomic E-state index is -0.503. The monoisotopic (exact) mass is 402 g/mol. The molecule has 4 N–H and O–H groups in total. The number of fused-ring (bicyclic) bond motifs is 3. The van der Waals surface area contributed by atoms with Crippen LogP contribution in [-0.4, -0.2) is 11.1 Å². The van der Waals surface area contributed by atoms with E-state index in [2.05, 4.69) is 43.5 Å². The van der Waals surface area contributed by atoms with Crippen LogP contribution in [0.3, 0.4) is 0 Å². The van der Waals surface area contributed by atoms with Crippen molar-refractivity contribution in [3.63, 3.8) is 0 Å². The van der Waals surface area contributed by atoms with Crippen molar-refractivity contribution in [3.8, 4) is 5.75 Å². The molecule has 1 saturated carbocycles. The summed E-state index contributed by atoms with van der Waals surface area (Å²) in [6.45, 7) is 8.50. The number of ether oxygens (including phenoxy) is 1. The van der Waals surface area contributed by atoms with Crippen molar-refractivity contribution in [2.24, 2.45) is 23.3 Å². The van der Waals surface area contributed by atoms with Crippen molar-refractivity contribution in [1.82, 2.24) is 0 Å². The van der Waals surface area contributed by atoms with Crippen LogP contribution in [0.5, 0.6) is 5.75 Å². The standard InChI is InChI=1S/C27H34N2O/c1-3-14-26(28,15-4-2)27(29)23-11-12-24(27)17-22-18-25(13-10-21(22)16-23)30-19-20-8-6-5-7-9-20/h3-10,13,18,23-24H,1-2,11-12,14-17,19,28-29H2. The first kappa shape index (κ1) is 20.9. The molecule has 3 heteroatoms. The van der Waals surface area contributed by atoms with Crippen molar-refractivity contribution < 1.29 is 4.74 Å². The smallest absolute Gasteiger partial charge is 0.120 e. The Morgan fingerprint density at radius 1 is 0.967 bits per heavy atom. The summed E-state index contributed by atoms with van der Waals surface area (Å²) in [6, 6.07) is 16.8. The molecule has 158 valence electrons. The molecular weight excluding hydrogens is 368 g/mol. The molecule has 0 saturated heterocycles. The molecule has 3 unspecified atom stereocenters. The van der Waals surface area contributed by atoms with Crippen LogP contribution in [0.15, 0.2) is 73.8 Å². The Hall–Kier alpha value is -2.36. The van der Waals surface area contributed by atoms with Crippen molar-refractivity contribution in [2.45, 2.75) is 56.2 Å². The summed E-state index contributed by atoms with van der Waals surface area (Å²) in [6.07, 6.45) is 9.47. The maximum Gasteiger partial charge on any atom is 0.120 e. The SMILES string of the molecule is C=CCC(N)(CC=C)C1(N)C2CCC1Cc1cc(OCc3ccccc3)ccc1C2. The fraction of sp³-hybridized carbons (Fsp3) is 0.407. The molecule has 0 aliphatic heterocycles. The van der Waals surface area contributed by atoms with Crippen molar-refractivity contribution in [3.05, 3.63) is 90.5 Å². The van der Waals surface area contributed by atoms with E-state index in [4.69, 9.17) is 16.2 Å². The van der Waals surface area contributed by atoms with E-state index in [1.807, 2.05) is 30.4 Å². The Kier molecular flexibility index (Phi) is 5.86. The average molecular weight is 403 g/mol. The number of benzene rings is 2. The molecule has 3 atom stereocenters. The Balaban J connectivity index is 1.59. The summed E-state index contributed by atoms with van der Waals surface area (Å²) in [5.41, 5.74) is 17.3. The molecule has 0 radical (unpaired) electrons. The molecule has 0 heterocycles. The lowest BCUT2D eigenvalue weighted by molar-refractivity contribution is 0.122. The maximum absolute atomic E-state index is 7.26. The first-order valence-corrected chi connectivity index (χ1v) is 11.1. The normalized spacial score (nSPS) is 25.3. The van der Waals surface area contributed by atoms with Gasteiger partial charge in [-0.2, -0.15) is 0 Å². The van der Waals surface area contributed by atoms with Crippen molar-refractivity contribution in [2.75, 3.05) is 0 Å². The van der Waals surface area contributed by atoms with Gasteiger partial charge in [0, 0.05) is 11.1 Å². The lowest BCUT2D eigenvalue weighted by Crippen LogP contribution is -2.70. The number of rotatable bonds is 8. The van der Waals surface area contributed by atoms with E-state index in [1.165, 1.54) is 16.7 Å². The summed E-state index contributed by atoms with van der Waals surface area (Å²) in [4.78, 5) is 0. The predicted molar refractivity (Wildman–Crippen MR) is 124 cm³/mol. The van der Waals surface area contributed by atoms with Gasteiger partial charge in [-0.05, 0) is 79.2 Å². The minimum Gasteiger partial charge on any atom is -0.489 e. The molecule has 3 nitrogen and oxygen atoms in total. The molecule has 2 bridgehead atoms. The summed E-state index contributed by atoms with van der Waals surface area (Å²) in [5.74, 6) is 1.66. The number of nitrogens with two attached hydrogens (primary N) is 2. The van der Waals surface area contributed by atoms with Gasteiger partial charge < -0.3 is 16.2 Å². The van der Waals surface area contributed by atoms with Gasteiger partial charge in [-0.25, -0.2) is 0 Å². The highest BCUT2D eigenvalue weighted by molar-refractivity contribution is 5.40. The number of hydrogen-bond donors (Lipinski definition) is 2. The Morgan fingerprint density at radius 2 is 1.60 bits per heavy atom. The molecule has 30 heavy (non-hydrogen) atoms. The maximum atomic E-state index is 7.26. The molecule has 2 aliphatic carbocycles. The van der Waals surface area contributed by atoms with Gasteiger partial charge >= 0.3 is 0 Å². The summed E-state index contributed by atoms with van der Waals surface area (Å²) < 4.78 is 6.09. The zero-order chi connectivity index (χ0) is 21.2. The van der Waals surface area contributed by atoms with Gasteiger partial charge in [0.25, 0.3) is 0 Å². The fourth-order valence-electron chi connectivity index (χ4n) is 5.87. The molecule has 2 aromatic rings. The van der Waals surface area contributed by atoms with Crippen LogP contribution in [0, 0.1) is 11.8 Å². The van der Waals surface area contributed by atoms with E-state index >= 15 is 0 Å². The molecule has 0 spiro atoms. The Bertz CT molecular complexity index is 896. The lowest BCUT2D eigenvalue weighted by atomic mass is 9.63. The van der Waals surface area contributed by atoms with Crippen molar-refractivity contribution in [1.29, 1.82) is 0 Å². The van der Waals surface area contributed by atoms with Gasteiger partial charge in [0.1, 0.15) is 12.4 Å². The lowest BCUT2D eigenvalue weighted by Gasteiger charge is -2.50. The summed E-state index contributed by atoms with van der Waals surface area (Å²) >= 11 is 0. The fourth-order valence-corrected chi connectivity index (χ4v) is 5.87. The zero-order valence-electron chi connectivity index (χ0n) is 17.9. The summed E-state index contributed by atoms with van der Waals surface area (Å²) in [5, 5.41) is 0. The molecular formula is C27H34N2O. The van der Waals surface area contributed by atoms with Crippen molar-refractivity contribution >= 4 is 0 Å². The van der Waals surface area contributed by atoms with Gasteiger partial charge in [0.2, 0.25) is 0 Å². The highest BCUT2D eigenvalue weighted by Gasteiger charge is 2.58. The molecule has 0 amide bonds. The topological polar surface area (TPSA) is 61.3 Å². The molecule has 2 aliphatic rings. The van der Waals surface area contributed by atoms with Crippen LogP contribution in [0.2, 0.25) is 0 Å². The Labute approximate surface area is 180 Å². The second-order valence-electron chi connectivity index (χ2n) is 9.16. The third-order valence-corrected chi connectivity index (χ3v) is 7.45. The van der Waals surface area contributed by atoms with E-state index in [1.54, 1.807) is 0 Å². The predicted octanol–water partition coefficient (Wildman–Crippen LogP) is 4.94. The molecule has 4 rings (SSSR count). The quantitative estimate of drug-likeness (QED) is 0.615. The van der Waals surface area contributed by atoms with Gasteiger partial charge in [0.15, 0.2) is 0 Å². The van der Waals surface area contributed by atoms with E-state index in [-0.39, 0.29) is 0 Å². The Morgan fingerprint density at radius 3 is 2.23 bits per heavy atom. The van der Waals surface area contributed by atoms with E-state index in [0.29, 0.717) is 31.3 Å². The molecule has 1 fully saturated rings. The van der Waals surface area contributed by atoms with Crippen LogP contribution in [-0.2, 0) is 19.4 Å². The highest BCUT2D eigenvalue weighted by atomic mass is 16.5. The number of hydrogen-bond acceptors (Lipinski definition) is 3. The van der Waals surface area contributed by atoms with Crippen LogP contribution in [0.25, 0.3) is 0 Å². The van der Waals surface area contributed by atoms with E-state index in [0.717, 1.165) is 31.4 Å². The van der Waals surface area contributed by atoms with Crippen LogP contribution < -0.4 is 16.2 Å². The van der Waals surface area contributed by atoms with Crippen LogP contribution in [0.1, 0.15) is 42.4 Å². The molecule has 2 aromatic carbocycles. The van der Waals surface area contributed by atoms with Gasteiger partial charge in [0.05, 0.1) is 0 Å². The summed E-state index contributed by atoms with van der Waals surface area (Å²) in [7, 11) is 0. The van der Waals surface area contributed by atoms with E-state index < -0.39 is 11.1 Å². The second kappa shape index (κ2) is 8.41. The van der Waals surface area contributed by atoms with Gasteiger partial charge in [-0.1, -0.05) is 48.6 Å². The zero-order valence-corrected chi connectivity index (χ0v) is 17.9. The third-order valence-electron chi connectivity index (χ3n) is 7.45. The second-order valence-corrected chi connectivity index (χ2v) is 9.16. The van der Waals surface area contributed by atoms with Gasteiger partial charge in [-0.3, -0.25) is 0 Å². The molecule has 0 aromatic heterocycles. The van der Waals surface area contributed by atoms with Crippen LogP contribution >= 0.6 is 0 Å². The first-order chi connectivity index (χ1) is 14.5. The van der Waals surface area contributed by atoms with Gasteiger partial charge in [-0.15, -0.1) is 13.2 Å². The first-order valence-electron chi connectivity index (χ1n) is 11.1. The third kappa shape index (κ3) is 3.61. The average Bonchev–Trinajstić information content (AvgIpc) is 2.98. The van der Waals surface area contributed by atoms with Crippen LogP contribution in [0.4, 0.5) is 0 Å². The highest BCUT2D eigenvalue weighted by Crippen LogP contribution is 2.52. The largest absolute Gasteiger partial charge is 0.489 e. The minimum absolute atomic E-state index is 0.359.